The number of hydrogen-bond acceptors (Lipinski definition) is 6. The lowest BCUT2D eigenvalue weighted by molar-refractivity contribution is -0.122. The number of carbonyl (C=O) groups is 1. The maximum absolute atomic E-state index is 13.0. The average Bonchev–Trinajstić information content (AvgIpc) is 3.14. The molecule has 0 radical (unpaired) electrons. The number of amidine groups is 1. The summed E-state index contributed by atoms with van der Waals surface area (Å²) in [5.74, 6) is 0.908. The molecule has 2 aromatic rings. The number of ether oxygens (including phenoxy) is 2. The topological polar surface area (TPSA) is 85.3 Å². The third kappa shape index (κ3) is 7.27. The molecule has 1 aliphatic rings. The van der Waals surface area contributed by atoms with Crippen molar-refractivity contribution in [1.29, 1.82) is 0 Å². The summed E-state index contributed by atoms with van der Waals surface area (Å²) in [4.78, 5) is 14.7. The molecule has 36 heavy (non-hydrogen) atoms. The maximum atomic E-state index is 13.0. The highest BCUT2D eigenvalue weighted by Gasteiger charge is 2.34. The number of thioether (sulfide) groups is 1. The van der Waals surface area contributed by atoms with E-state index in [4.69, 9.17) is 21.1 Å². The zero-order chi connectivity index (χ0) is 26.1. The molecule has 0 saturated carbocycles. The van der Waals surface area contributed by atoms with Gasteiger partial charge in [-0.25, -0.2) is 0 Å². The van der Waals surface area contributed by atoms with Crippen LogP contribution < -0.4 is 9.47 Å². The van der Waals surface area contributed by atoms with Gasteiger partial charge >= 0.3 is 0 Å². The summed E-state index contributed by atoms with van der Waals surface area (Å²) in [7, 11) is -2.43. The molecule has 0 aliphatic carbocycles. The first kappa shape index (κ1) is 28.1. The Balaban J connectivity index is 1.77. The second-order valence-electron chi connectivity index (χ2n) is 8.14. The Hall–Kier alpha value is -2.49. The molecule has 7 nitrogen and oxygen atoms in total. The summed E-state index contributed by atoms with van der Waals surface area (Å²) in [5.41, 5.74) is 0.732. The Labute approximate surface area is 222 Å². The number of hydrogen-bond donors (Lipinski definition) is 0. The normalized spacial score (nSPS) is 16.2. The van der Waals surface area contributed by atoms with Crippen LogP contribution in [0.25, 0.3) is 6.08 Å². The SMILES string of the molecule is CCCCCCCOc1ccc(C=C2SC(=NS(=O)(=O)c3ccc(Cl)cc3)N(CC)C2=O)cc1OC. The summed E-state index contributed by atoms with van der Waals surface area (Å²) in [6.07, 6.45) is 7.45. The lowest BCUT2D eigenvalue weighted by Gasteiger charge is -2.12. The van der Waals surface area contributed by atoms with E-state index in [9.17, 15) is 13.2 Å². The number of benzene rings is 2. The van der Waals surface area contributed by atoms with Crippen molar-refractivity contribution in [2.24, 2.45) is 4.40 Å². The number of halogens is 1. The van der Waals surface area contributed by atoms with Crippen LogP contribution in [0.4, 0.5) is 0 Å². The fourth-order valence-corrected chi connectivity index (χ4v) is 5.92. The molecule has 1 amide bonds. The molecule has 1 heterocycles. The molecule has 0 unspecified atom stereocenters. The highest BCUT2D eigenvalue weighted by Crippen LogP contribution is 2.35. The van der Waals surface area contributed by atoms with E-state index in [1.807, 2.05) is 12.1 Å². The van der Waals surface area contributed by atoms with Crippen LogP contribution in [0, 0.1) is 0 Å². The lowest BCUT2D eigenvalue weighted by atomic mass is 10.1. The van der Waals surface area contributed by atoms with Crippen LogP contribution in [-0.2, 0) is 14.8 Å². The second kappa shape index (κ2) is 13.2. The van der Waals surface area contributed by atoms with Gasteiger partial charge in [-0.05, 0) is 73.1 Å². The fourth-order valence-electron chi connectivity index (χ4n) is 3.55. The number of methoxy groups -OCH3 is 1. The first-order valence-corrected chi connectivity index (χ1v) is 14.5. The molecule has 1 aliphatic heterocycles. The molecule has 0 spiro atoms. The minimum atomic E-state index is -4.01. The van der Waals surface area contributed by atoms with Gasteiger partial charge in [-0.1, -0.05) is 50.3 Å². The van der Waals surface area contributed by atoms with E-state index in [0.29, 0.717) is 28.0 Å². The van der Waals surface area contributed by atoms with E-state index in [2.05, 4.69) is 11.3 Å². The molecule has 0 atom stereocenters. The van der Waals surface area contributed by atoms with E-state index in [-0.39, 0.29) is 22.5 Å². The molecule has 0 N–H and O–H groups in total. The van der Waals surface area contributed by atoms with E-state index < -0.39 is 10.0 Å². The van der Waals surface area contributed by atoms with Gasteiger partial charge in [-0.2, -0.15) is 8.42 Å². The van der Waals surface area contributed by atoms with Crippen LogP contribution in [0.15, 0.2) is 56.7 Å². The van der Waals surface area contributed by atoms with Crippen LogP contribution in [0.1, 0.15) is 51.5 Å². The van der Waals surface area contributed by atoms with Crippen LogP contribution in [-0.4, -0.2) is 44.7 Å². The molecular weight excluding hydrogens is 520 g/mol. The van der Waals surface area contributed by atoms with Gasteiger partial charge in [-0.3, -0.25) is 9.69 Å². The Morgan fingerprint density at radius 1 is 1.03 bits per heavy atom. The molecule has 10 heteroatoms. The molecule has 0 aromatic heterocycles. The van der Waals surface area contributed by atoms with Gasteiger partial charge in [0.15, 0.2) is 16.7 Å². The van der Waals surface area contributed by atoms with Crippen molar-refractivity contribution < 1.29 is 22.7 Å². The monoisotopic (exact) mass is 550 g/mol. The van der Waals surface area contributed by atoms with Crippen LogP contribution in [0.2, 0.25) is 5.02 Å². The summed E-state index contributed by atoms with van der Waals surface area (Å²) in [6.45, 7) is 4.85. The summed E-state index contributed by atoms with van der Waals surface area (Å²) in [6, 6.07) is 11.2. The molecule has 0 bridgehead atoms. The Kier molecular flexibility index (Phi) is 10.3. The van der Waals surface area contributed by atoms with E-state index in [1.54, 1.807) is 26.2 Å². The van der Waals surface area contributed by atoms with Gasteiger partial charge in [0.25, 0.3) is 15.9 Å². The van der Waals surface area contributed by atoms with Gasteiger partial charge in [0.2, 0.25) is 0 Å². The van der Waals surface area contributed by atoms with Gasteiger partial charge in [-0.15, -0.1) is 4.40 Å². The number of unbranched alkanes of at least 4 members (excludes halogenated alkanes) is 4. The zero-order valence-electron chi connectivity index (χ0n) is 20.7. The Morgan fingerprint density at radius 2 is 1.75 bits per heavy atom. The molecule has 2 aromatic carbocycles. The second-order valence-corrected chi connectivity index (χ2v) is 11.2. The van der Waals surface area contributed by atoms with E-state index in [0.717, 1.165) is 30.2 Å². The Bertz CT molecular complexity index is 1230. The smallest absolute Gasteiger partial charge is 0.284 e. The molecule has 1 saturated heterocycles. The number of rotatable bonds is 12. The number of carbonyl (C=O) groups excluding carboxylic acids is 1. The van der Waals surface area contributed by atoms with Crippen molar-refractivity contribution in [2.45, 2.75) is 50.8 Å². The zero-order valence-corrected chi connectivity index (χ0v) is 23.1. The van der Waals surface area contributed by atoms with Crippen molar-refractivity contribution >= 4 is 50.5 Å². The standard InChI is InChI=1S/C26H31ClN2O5S2/c1-4-6-7-8-9-16-34-22-15-10-19(17-23(22)33-3)18-24-25(30)29(5-2)26(35-24)28-36(31,32)21-13-11-20(27)12-14-21/h10-15,17-18H,4-9,16H2,1-3H3. The predicted molar refractivity (Wildman–Crippen MR) is 146 cm³/mol. The molecule has 1 fully saturated rings. The molecule has 194 valence electrons. The van der Waals surface area contributed by atoms with Crippen molar-refractivity contribution in [3.63, 3.8) is 0 Å². The van der Waals surface area contributed by atoms with Gasteiger partial charge in [0, 0.05) is 11.6 Å². The summed E-state index contributed by atoms with van der Waals surface area (Å²) in [5, 5.41) is 0.532. The summed E-state index contributed by atoms with van der Waals surface area (Å²) < 4.78 is 40.9. The Morgan fingerprint density at radius 3 is 2.42 bits per heavy atom. The van der Waals surface area contributed by atoms with Crippen LogP contribution in [0.3, 0.4) is 0 Å². The van der Waals surface area contributed by atoms with Crippen molar-refractivity contribution in [3.05, 3.63) is 58.0 Å². The van der Waals surface area contributed by atoms with E-state index in [1.165, 1.54) is 48.4 Å². The number of amides is 1. The summed E-state index contributed by atoms with van der Waals surface area (Å²) >= 11 is 6.88. The van der Waals surface area contributed by atoms with Crippen molar-refractivity contribution in [3.8, 4) is 11.5 Å². The maximum Gasteiger partial charge on any atom is 0.284 e. The molecular formula is C26H31ClN2O5S2. The quantitative estimate of drug-likeness (QED) is 0.225. The highest BCUT2D eigenvalue weighted by molar-refractivity contribution is 8.19. The number of sulfonamides is 1. The lowest BCUT2D eigenvalue weighted by Crippen LogP contribution is -2.29. The number of likely N-dealkylation sites (N-methyl/N-ethyl adjacent to an activating group) is 1. The molecule has 3 rings (SSSR count). The van der Waals surface area contributed by atoms with E-state index >= 15 is 0 Å². The number of nitrogens with zero attached hydrogens (tertiary/aromatic N) is 2. The predicted octanol–water partition coefficient (Wildman–Crippen LogP) is 6.38. The minimum Gasteiger partial charge on any atom is -0.493 e. The van der Waals surface area contributed by atoms with Gasteiger partial charge < -0.3 is 9.47 Å². The van der Waals surface area contributed by atoms with Crippen LogP contribution in [0.5, 0.6) is 11.5 Å². The van der Waals surface area contributed by atoms with Gasteiger partial charge in [0.05, 0.1) is 23.5 Å². The van der Waals surface area contributed by atoms with Crippen molar-refractivity contribution in [1.82, 2.24) is 4.90 Å². The first-order valence-electron chi connectivity index (χ1n) is 11.9. The highest BCUT2D eigenvalue weighted by atomic mass is 35.5. The first-order chi connectivity index (χ1) is 17.3. The van der Waals surface area contributed by atoms with Crippen molar-refractivity contribution in [2.75, 3.05) is 20.3 Å². The van der Waals surface area contributed by atoms with Crippen LogP contribution >= 0.6 is 23.4 Å². The third-order valence-corrected chi connectivity index (χ3v) is 8.16. The fraction of sp³-hybridized carbons (Fsp3) is 0.385. The largest absolute Gasteiger partial charge is 0.493 e. The van der Waals surface area contributed by atoms with Gasteiger partial charge in [0.1, 0.15) is 0 Å². The average molecular weight is 551 g/mol. The third-order valence-electron chi connectivity index (χ3n) is 5.50. The minimum absolute atomic E-state index is 0.00613.